The maximum Gasteiger partial charge on any atom is 0.125 e. The summed E-state index contributed by atoms with van der Waals surface area (Å²) in [6, 6.07) is 12.8. The zero-order chi connectivity index (χ0) is 12.7. The standard InChI is InChI=1S/C16H15NS/c1-10-8-11(2)15(12(3)9-10)16-17-13-6-4-5-7-14(13)18-16/h4-9H,1-3H3. The van der Waals surface area contributed by atoms with Crippen LogP contribution in [0.25, 0.3) is 20.8 Å². The van der Waals surface area contributed by atoms with Crippen molar-refractivity contribution in [2.45, 2.75) is 20.8 Å². The molecular weight excluding hydrogens is 238 g/mol. The molecule has 3 aromatic rings. The summed E-state index contributed by atoms with van der Waals surface area (Å²) >= 11 is 1.77. The van der Waals surface area contributed by atoms with Gasteiger partial charge in [-0.05, 0) is 44.0 Å². The first kappa shape index (κ1) is 11.4. The minimum atomic E-state index is 1.09. The summed E-state index contributed by atoms with van der Waals surface area (Å²) in [6.45, 7) is 6.48. The molecule has 18 heavy (non-hydrogen) atoms. The molecule has 0 fully saturated rings. The van der Waals surface area contributed by atoms with Crippen molar-refractivity contribution in [2.75, 3.05) is 0 Å². The SMILES string of the molecule is Cc1cc(C)c(-c2nc3ccccc3s2)c(C)c1. The Balaban J connectivity index is 2.26. The van der Waals surface area contributed by atoms with Crippen LogP contribution in [-0.4, -0.2) is 4.98 Å². The highest BCUT2D eigenvalue weighted by atomic mass is 32.1. The van der Waals surface area contributed by atoms with Crippen molar-refractivity contribution >= 4 is 21.6 Å². The van der Waals surface area contributed by atoms with Crippen LogP contribution in [0.2, 0.25) is 0 Å². The zero-order valence-corrected chi connectivity index (χ0v) is 11.6. The van der Waals surface area contributed by atoms with Gasteiger partial charge in [-0.15, -0.1) is 11.3 Å². The molecule has 0 aliphatic rings. The predicted octanol–water partition coefficient (Wildman–Crippen LogP) is 4.89. The number of para-hydroxylation sites is 1. The molecule has 0 radical (unpaired) electrons. The molecule has 1 aromatic heterocycles. The Morgan fingerprint density at radius 1 is 0.944 bits per heavy atom. The van der Waals surface area contributed by atoms with Gasteiger partial charge in [0.2, 0.25) is 0 Å². The zero-order valence-electron chi connectivity index (χ0n) is 10.8. The van der Waals surface area contributed by atoms with E-state index in [4.69, 9.17) is 4.98 Å². The summed E-state index contributed by atoms with van der Waals surface area (Å²) in [5.74, 6) is 0. The molecule has 0 atom stereocenters. The number of rotatable bonds is 1. The molecule has 2 aromatic carbocycles. The van der Waals surface area contributed by atoms with Gasteiger partial charge in [0.15, 0.2) is 0 Å². The lowest BCUT2D eigenvalue weighted by atomic mass is 10.0. The van der Waals surface area contributed by atoms with E-state index in [2.05, 4.69) is 51.1 Å². The van der Waals surface area contributed by atoms with E-state index < -0.39 is 0 Å². The largest absolute Gasteiger partial charge is 0.236 e. The molecule has 0 aliphatic heterocycles. The van der Waals surface area contributed by atoms with Crippen molar-refractivity contribution in [1.29, 1.82) is 0 Å². The van der Waals surface area contributed by atoms with Gasteiger partial charge >= 0.3 is 0 Å². The summed E-state index contributed by atoms with van der Waals surface area (Å²) in [5.41, 5.74) is 6.33. The third-order valence-corrected chi connectivity index (χ3v) is 4.24. The molecule has 0 spiro atoms. The number of hydrogen-bond donors (Lipinski definition) is 0. The monoisotopic (exact) mass is 253 g/mol. The second-order valence-corrected chi connectivity index (χ2v) is 5.79. The first-order valence-electron chi connectivity index (χ1n) is 6.09. The van der Waals surface area contributed by atoms with Crippen molar-refractivity contribution in [3.63, 3.8) is 0 Å². The van der Waals surface area contributed by atoms with Crippen LogP contribution in [0, 0.1) is 20.8 Å². The Morgan fingerprint density at radius 3 is 2.28 bits per heavy atom. The molecule has 0 aliphatic carbocycles. The Bertz CT molecular complexity index is 669. The summed E-state index contributed by atoms with van der Waals surface area (Å²) in [6.07, 6.45) is 0. The van der Waals surface area contributed by atoms with Crippen LogP contribution in [0.5, 0.6) is 0 Å². The topological polar surface area (TPSA) is 12.9 Å². The van der Waals surface area contributed by atoms with Crippen LogP contribution in [0.15, 0.2) is 36.4 Å². The number of aryl methyl sites for hydroxylation is 3. The molecule has 90 valence electrons. The maximum atomic E-state index is 4.75. The van der Waals surface area contributed by atoms with Gasteiger partial charge in [-0.1, -0.05) is 29.8 Å². The van der Waals surface area contributed by atoms with Crippen LogP contribution in [0.1, 0.15) is 16.7 Å². The van der Waals surface area contributed by atoms with E-state index in [0.29, 0.717) is 0 Å². The fourth-order valence-corrected chi connectivity index (χ4v) is 3.64. The Hall–Kier alpha value is -1.67. The van der Waals surface area contributed by atoms with Crippen LogP contribution in [0.3, 0.4) is 0 Å². The smallest absolute Gasteiger partial charge is 0.125 e. The van der Waals surface area contributed by atoms with Crippen LogP contribution < -0.4 is 0 Å². The van der Waals surface area contributed by atoms with Crippen molar-refractivity contribution in [2.24, 2.45) is 0 Å². The van der Waals surface area contributed by atoms with Gasteiger partial charge in [-0.3, -0.25) is 0 Å². The van der Waals surface area contributed by atoms with Crippen LogP contribution in [0.4, 0.5) is 0 Å². The quantitative estimate of drug-likeness (QED) is 0.601. The lowest BCUT2D eigenvalue weighted by molar-refractivity contribution is 1.31. The van der Waals surface area contributed by atoms with Crippen molar-refractivity contribution in [3.05, 3.63) is 53.1 Å². The average Bonchev–Trinajstić information content (AvgIpc) is 2.70. The lowest BCUT2D eigenvalue weighted by Crippen LogP contribution is -1.89. The molecule has 0 saturated heterocycles. The van der Waals surface area contributed by atoms with Crippen molar-refractivity contribution in [1.82, 2.24) is 4.98 Å². The van der Waals surface area contributed by atoms with E-state index in [-0.39, 0.29) is 0 Å². The van der Waals surface area contributed by atoms with Crippen molar-refractivity contribution in [3.8, 4) is 10.6 Å². The van der Waals surface area contributed by atoms with Gasteiger partial charge in [-0.25, -0.2) is 4.98 Å². The summed E-state index contributed by atoms with van der Waals surface area (Å²) in [4.78, 5) is 4.75. The Kier molecular flexibility index (Phi) is 2.67. The number of aromatic nitrogens is 1. The van der Waals surface area contributed by atoms with Gasteiger partial charge in [0.05, 0.1) is 10.2 Å². The predicted molar refractivity (Wildman–Crippen MR) is 79.3 cm³/mol. The molecule has 1 heterocycles. The van der Waals surface area contributed by atoms with Gasteiger partial charge < -0.3 is 0 Å². The summed E-state index contributed by atoms with van der Waals surface area (Å²) < 4.78 is 1.26. The minimum absolute atomic E-state index is 1.09. The van der Waals surface area contributed by atoms with Crippen LogP contribution in [-0.2, 0) is 0 Å². The normalized spacial score (nSPS) is 11.1. The third kappa shape index (κ3) is 1.83. The lowest BCUT2D eigenvalue weighted by Gasteiger charge is -2.08. The highest BCUT2D eigenvalue weighted by Gasteiger charge is 2.11. The molecule has 0 bridgehead atoms. The van der Waals surface area contributed by atoms with Crippen LogP contribution >= 0.6 is 11.3 Å². The highest BCUT2D eigenvalue weighted by Crippen LogP contribution is 2.34. The first-order chi connectivity index (χ1) is 8.65. The number of benzene rings is 2. The van der Waals surface area contributed by atoms with Gasteiger partial charge in [0.25, 0.3) is 0 Å². The molecular formula is C16H15NS. The first-order valence-corrected chi connectivity index (χ1v) is 6.90. The molecule has 1 nitrogen and oxygen atoms in total. The fraction of sp³-hybridized carbons (Fsp3) is 0.188. The molecule has 0 saturated carbocycles. The van der Waals surface area contributed by atoms with E-state index in [1.165, 1.54) is 27.0 Å². The van der Waals surface area contributed by atoms with Crippen molar-refractivity contribution < 1.29 is 0 Å². The molecule has 2 heteroatoms. The molecule has 3 rings (SSSR count). The van der Waals surface area contributed by atoms with E-state index in [9.17, 15) is 0 Å². The van der Waals surface area contributed by atoms with E-state index >= 15 is 0 Å². The molecule has 0 amide bonds. The third-order valence-electron chi connectivity index (χ3n) is 3.18. The van der Waals surface area contributed by atoms with E-state index in [1.807, 2.05) is 6.07 Å². The van der Waals surface area contributed by atoms with Gasteiger partial charge in [-0.2, -0.15) is 0 Å². The number of hydrogen-bond acceptors (Lipinski definition) is 2. The fourth-order valence-electron chi connectivity index (χ4n) is 2.50. The second-order valence-electron chi connectivity index (χ2n) is 4.76. The van der Waals surface area contributed by atoms with Gasteiger partial charge in [0, 0.05) is 5.56 Å². The summed E-state index contributed by atoms with van der Waals surface area (Å²) in [5, 5.41) is 1.13. The number of fused-ring (bicyclic) bond motifs is 1. The average molecular weight is 253 g/mol. The Labute approximate surface area is 111 Å². The van der Waals surface area contributed by atoms with E-state index in [0.717, 1.165) is 10.5 Å². The number of nitrogens with zero attached hydrogens (tertiary/aromatic N) is 1. The van der Waals surface area contributed by atoms with Gasteiger partial charge in [0.1, 0.15) is 5.01 Å². The highest BCUT2D eigenvalue weighted by molar-refractivity contribution is 7.21. The second kappa shape index (κ2) is 4.21. The van der Waals surface area contributed by atoms with E-state index in [1.54, 1.807) is 11.3 Å². The number of thiazole rings is 1. The Morgan fingerprint density at radius 2 is 1.61 bits per heavy atom. The maximum absolute atomic E-state index is 4.75. The minimum Gasteiger partial charge on any atom is -0.236 e. The molecule has 0 unspecified atom stereocenters. The molecule has 0 N–H and O–H groups in total. The summed E-state index contributed by atoms with van der Waals surface area (Å²) in [7, 11) is 0.